The van der Waals surface area contributed by atoms with Gasteiger partial charge in [0, 0.05) is 18.3 Å². The smallest absolute Gasteiger partial charge is 0.189 e. The maximum Gasteiger partial charge on any atom is 0.189 e. The van der Waals surface area contributed by atoms with Crippen LogP contribution >= 0.6 is 0 Å². The van der Waals surface area contributed by atoms with Crippen LogP contribution in [-0.4, -0.2) is 232 Å². The fourth-order valence-electron chi connectivity index (χ4n) is 15.0. The second kappa shape index (κ2) is 22.0. The zero-order valence-corrected chi connectivity index (χ0v) is 43.0. The number of fused-ring (bicyclic) bond motifs is 7. The number of allylic oxidation sites excluding steroid dienone is 1. The van der Waals surface area contributed by atoms with Crippen molar-refractivity contribution in [1.82, 2.24) is 0 Å². The van der Waals surface area contributed by atoms with Crippen molar-refractivity contribution in [2.45, 2.75) is 246 Å². The standard InChI is InChI=1S/C51H84O23/c1-19(44(64)73-47-40(62)37(59)34(56)29(17-52)69-47)9-14-51(65)20(2)31-28(74-51)16-27-25-8-7-23-15-24(10-12-49(23,5)26(25)11-13-50(27,31)6)68-48-43(72-46-39(61)36(58)33(55)22(4)67-46)41(63)42(30(18-53)70-48)71-45-38(60)35(57)32(54)21(3)66-45/h7,19-22,24-48,52-65H,8-18H2,1-6H3/t19-,20+,21+,22+,24+,25-,26+,27+,28?,29-,30-,31+,32+,33+,34-,35-,36-,37+,38-,39-,40-,41+,42-,43-,44?,45+,46+,47+,48-,49+,50+,51-/m1/s1. The molecule has 9 aliphatic rings. The molecule has 23 heteroatoms. The third kappa shape index (κ3) is 10.1. The van der Waals surface area contributed by atoms with Crippen molar-refractivity contribution in [3.63, 3.8) is 0 Å². The average molecular weight is 1070 g/mol. The average Bonchev–Trinajstić information content (AvgIpc) is 3.81. The largest absolute Gasteiger partial charge is 0.394 e. The van der Waals surface area contributed by atoms with Gasteiger partial charge in [-0.05, 0) is 99.7 Å². The topological polar surface area (TPSA) is 366 Å². The highest BCUT2D eigenvalue weighted by molar-refractivity contribution is 5.26. The maximum atomic E-state index is 12.1. The fraction of sp³-hybridized carbons (Fsp3) is 0.961. The molecule has 0 amide bonds. The molecule has 426 valence electrons. The molecule has 9 rings (SSSR count). The Morgan fingerprint density at radius 3 is 1.85 bits per heavy atom. The first-order chi connectivity index (χ1) is 34.9. The first kappa shape index (κ1) is 57.5. The zero-order valence-electron chi connectivity index (χ0n) is 43.0. The molecule has 74 heavy (non-hydrogen) atoms. The van der Waals surface area contributed by atoms with Crippen LogP contribution < -0.4 is 0 Å². The van der Waals surface area contributed by atoms with Crippen molar-refractivity contribution in [1.29, 1.82) is 0 Å². The molecule has 0 aromatic heterocycles. The monoisotopic (exact) mass is 1060 g/mol. The Balaban J connectivity index is 0.851. The predicted octanol–water partition coefficient (Wildman–Crippen LogP) is -2.66. The molecule has 0 aromatic rings. The summed E-state index contributed by atoms with van der Waals surface area (Å²) in [5.41, 5.74) is 0.963. The Labute approximate surface area is 430 Å². The lowest BCUT2D eigenvalue weighted by molar-refractivity contribution is -0.388. The Morgan fingerprint density at radius 2 is 1.23 bits per heavy atom. The van der Waals surface area contributed by atoms with E-state index >= 15 is 0 Å². The van der Waals surface area contributed by atoms with E-state index in [2.05, 4.69) is 19.9 Å². The SMILES string of the molecule is C[C@H](CC[C@@]1(O)OC2C[C@H]3[C@@H]4CC=C5C[C@@H](O[C@@H]6O[C@H](CO)[C@@H](O[C@@H]7O[C@@H](C)[C@H](O)[C@@H](O)[C@H]7O)[C@H](O)[C@H]6O[C@@H]6O[C@@H](C)[C@H](O)[C@@H](O)[C@H]6O)CC[C@]5(C)[C@H]4CC[C@]3(C)[C@H]2[C@@H]1C)C(O)O[C@@H]1O[C@H](CO)[C@@H](O)[C@H](O)[C@H]1O. The molecule has 0 radical (unpaired) electrons. The van der Waals surface area contributed by atoms with E-state index in [1.807, 2.05) is 6.92 Å². The second-order valence-electron chi connectivity index (χ2n) is 23.9. The summed E-state index contributed by atoms with van der Waals surface area (Å²) in [4.78, 5) is 0. The van der Waals surface area contributed by atoms with Crippen LogP contribution in [0.2, 0.25) is 0 Å². The molecule has 5 heterocycles. The van der Waals surface area contributed by atoms with Crippen molar-refractivity contribution >= 4 is 0 Å². The summed E-state index contributed by atoms with van der Waals surface area (Å²) >= 11 is 0. The number of rotatable bonds is 14. The molecule has 2 unspecified atom stereocenters. The normalized spacial score (nSPS) is 55.4. The number of hydrogen-bond donors (Lipinski definition) is 14. The Morgan fingerprint density at radius 1 is 0.649 bits per heavy atom. The van der Waals surface area contributed by atoms with Crippen molar-refractivity contribution in [2.75, 3.05) is 13.2 Å². The van der Waals surface area contributed by atoms with Crippen LogP contribution in [0.25, 0.3) is 0 Å². The van der Waals surface area contributed by atoms with E-state index in [1.165, 1.54) is 19.4 Å². The second-order valence-corrected chi connectivity index (χ2v) is 23.9. The van der Waals surface area contributed by atoms with Crippen LogP contribution in [-0.2, 0) is 42.6 Å². The van der Waals surface area contributed by atoms with Gasteiger partial charge in [0.1, 0.15) is 85.5 Å². The van der Waals surface area contributed by atoms with E-state index in [0.717, 1.165) is 32.1 Å². The van der Waals surface area contributed by atoms with Gasteiger partial charge in [-0.2, -0.15) is 0 Å². The first-order valence-electron chi connectivity index (χ1n) is 26.9. The summed E-state index contributed by atoms with van der Waals surface area (Å²) < 4.78 is 54.2. The predicted molar refractivity (Wildman–Crippen MR) is 250 cm³/mol. The van der Waals surface area contributed by atoms with Gasteiger partial charge in [0.15, 0.2) is 37.2 Å². The van der Waals surface area contributed by atoms with Gasteiger partial charge in [-0.15, -0.1) is 0 Å². The zero-order chi connectivity index (χ0) is 53.7. The number of aliphatic hydroxyl groups excluding tert-OH is 13. The van der Waals surface area contributed by atoms with Crippen molar-refractivity contribution < 1.29 is 114 Å². The fourth-order valence-corrected chi connectivity index (χ4v) is 15.0. The molecule has 0 bridgehead atoms. The lowest BCUT2D eigenvalue weighted by Gasteiger charge is -2.58. The van der Waals surface area contributed by atoms with Crippen molar-refractivity contribution in [3.8, 4) is 0 Å². The van der Waals surface area contributed by atoms with E-state index in [9.17, 15) is 71.5 Å². The van der Waals surface area contributed by atoms with Crippen LogP contribution in [0.1, 0.15) is 99.3 Å². The molecule has 5 saturated heterocycles. The van der Waals surface area contributed by atoms with Gasteiger partial charge in [0.25, 0.3) is 0 Å². The van der Waals surface area contributed by atoms with Crippen LogP contribution in [0.15, 0.2) is 11.6 Å². The van der Waals surface area contributed by atoms with E-state index in [1.54, 1.807) is 6.92 Å². The summed E-state index contributed by atoms with van der Waals surface area (Å²) in [5, 5.41) is 150. The number of hydrogen-bond acceptors (Lipinski definition) is 23. The minimum absolute atomic E-state index is 0.0834. The van der Waals surface area contributed by atoms with Gasteiger partial charge in [-0.1, -0.05) is 39.3 Å². The van der Waals surface area contributed by atoms with Crippen molar-refractivity contribution in [3.05, 3.63) is 11.6 Å². The quantitative estimate of drug-likeness (QED) is 0.0624. The van der Waals surface area contributed by atoms with Gasteiger partial charge >= 0.3 is 0 Å². The Kier molecular flexibility index (Phi) is 17.1. The third-order valence-electron chi connectivity index (χ3n) is 19.6. The summed E-state index contributed by atoms with van der Waals surface area (Å²) in [6.45, 7) is 10.1. The Hall–Kier alpha value is -1.18. The molecule has 0 aromatic carbocycles. The molecule has 14 N–H and O–H groups in total. The molecule has 0 spiro atoms. The van der Waals surface area contributed by atoms with Gasteiger partial charge in [0.05, 0.1) is 37.6 Å². The molecule has 23 nitrogen and oxygen atoms in total. The number of ether oxygens (including phenoxy) is 9. The highest BCUT2D eigenvalue weighted by Gasteiger charge is 2.68. The van der Waals surface area contributed by atoms with Crippen LogP contribution in [0.3, 0.4) is 0 Å². The number of aliphatic hydroxyl groups is 14. The molecule has 32 atom stereocenters. The molecular formula is C51H84O23. The summed E-state index contributed by atoms with van der Waals surface area (Å²) in [7, 11) is 0. The maximum absolute atomic E-state index is 12.1. The molecule has 3 saturated carbocycles. The minimum atomic E-state index is -1.76. The summed E-state index contributed by atoms with van der Waals surface area (Å²) in [6.07, 6.45) is -23.6. The molecule has 8 fully saturated rings. The molecule has 5 aliphatic heterocycles. The van der Waals surface area contributed by atoms with E-state index in [-0.39, 0.29) is 35.2 Å². The Bertz CT molecular complexity index is 1930. The van der Waals surface area contributed by atoms with E-state index in [0.29, 0.717) is 37.0 Å². The lowest BCUT2D eigenvalue weighted by Crippen LogP contribution is -2.66. The molecule has 4 aliphatic carbocycles. The van der Waals surface area contributed by atoms with E-state index < -0.39 is 160 Å². The summed E-state index contributed by atoms with van der Waals surface area (Å²) in [6, 6.07) is 0. The van der Waals surface area contributed by atoms with Crippen LogP contribution in [0.4, 0.5) is 0 Å². The van der Waals surface area contributed by atoms with Gasteiger partial charge in [-0.25, -0.2) is 0 Å². The van der Waals surface area contributed by atoms with Gasteiger partial charge in [-0.3, -0.25) is 0 Å². The van der Waals surface area contributed by atoms with Crippen molar-refractivity contribution in [2.24, 2.45) is 46.3 Å². The highest BCUT2D eigenvalue weighted by atomic mass is 16.8. The minimum Gasteiger partial charge on any atom is -0.394 e. The van der Waals surface area contributed by atoms with Crippen LogP contribution in [0.5, 0.6) is 0 Å². The van der Waals surface area contributed by atoms with Crippen LogP contribution in [0, 0.1) is 46.3 Å². The van der Waals surface area contributed by atoms with Gasteiger partial charge in [0.2, 0.25) is 0 Å². The lowest BCUT2D eigenvalue weighted by atomic mass is 9.47. The van der Waals surface area contributed by atoms with E-state index in [4.69, 9.17) is 42.6 Å². The highest BCUT2D eigenvalue weighted by Crippen LogP contribution is 2.70. The summed E-state index contributed by atoms with van der Waals surface area (Å²) in [5.74, 6) is -1.11. The first-order valence-corrected chi connectivity index (χ1v) is 26.9. The third-order valence-corrected chi connectivity index (χ3v) is 19.6. The molecular weight excluding hydrogens is 981 g/mol. The van der Waals surface area contributed by atoms with Gasteiger partial charge < -0.3 is 114 Å².